The minimum Gasteiger partial charge on any atom is -0.465 e. The van der Waals surface area contributed by atoms with Gasteiger partial charge in [0.25, 0.3) is 0 Å². The molecule has 2 aromatic rings. The molecule has 1 fully saturated rings. The molecule has 27 heavy (non-hydrogen) atoms. The van der Waals surface area contributed by atoms with Crippen LogP contribution in [0.3, 0.4) is 0 Å². The fourth-order valence-electron chi connectivity index (χ4n) is 3.30. The summed E-state index contributed by atoms with van der Waals surface area (Å²) in [6, 6.07) is 5.37. The highest BCUT2D eigenvalue weighted by molar-refractivity contribution is 7.22. The number of likely N-dealkylation sites (tertiary alicyclic amines) is 1. The number of amides is 1. The van der Waals surface area contributed by atoms with Crippen LogP contribution < -0.4 is 5.32 Å². The van der Waals surface area contributed by atoms with Gasteiger partial charge in [-0.05, 0) is 45.6 Å². The van der Waals surface area contributed by atoms with Gasteiger partial charge in [-0.15, -0.1) is 0 Å². The van der Waals surface area contributed by atoms with Gasteiger partial charge in [0.05, 0.1) is 28.8 Å². The molecule has 1 aliphatic rings. The van der Waals surface area contributed by atoms with Crippen molar-refractivity contribution in [3.63, 3.8) is 0 Å². The van der Waals surface area contributed by atoms with Crippen LogP contribution in [0.5, 0.6) is 0 Å². The van der Waals surface area contributed by atoms with Gasteiger partial charge in [-0.3, -0.25) is 4.79 Å². The summed E-state index contributed by atoms with van der Waals surface area (Å²) < 4.78 is 5.66. The number of benzene rings is 1. The van der Waals surface area contributed by atoms with Crippen LogP contribution in [0.1, 0.15) is 23.2 Å². The summed E-state index contributed by atoms with van der Waals surface area (Å²) in [6.07, 6.45) is 1.92. The Kier molecular flexibility index (Phi) is 6.41. The molecule has 0 aliphatic carbocycles. The zero-order chi connectivity index (χ0) is 19.4. The van der Waals surface area contributed by atoms with Crippen LogP contribution in [0.4, 0.5) is 5.13 Å². The topological polar surface area (TPSA) is 74.8 Å². The zero-order valence-electron chi connectivity index (χ0n) is 16.0. The van der Waals surface area contributed by atoms with E-state index in [0.717, 1.165) is 43.7 Å². The molecule has 7 nitrogen and oxygen atoms in total. The van der Waals surface area contributed by atoms with Crippen LogP contribution in [-0.2, 0) is 9.53 Å². The number of thiazole rings is 1. The molecule has 0 radical (unpaired) electrons. The molecule has 1 saturated heterocycles. The number of anilines is 1. The Balaban J connectivity index is 1.68. The number of carbonyl (C=O) groups is 2. The third-order valence-electron chi connectivity index (χ3n) is 4.79. The maximum atomic E-state index is 12.7. The predicted molar refractivity (Wildman–Crippen MR) is 107 cm³/mol. The summed E-state index contributed by atoms with van der Waals surface area (Å²) in [5.74, 6) is -0.455. The number of rotatable bonds is 6. The Morgan fingerprint density at radius 2 is 2.22 bits per heavy atom. The van der Waals surface area contributed by atoms with E-state index in [4.69, 9.17) is 4.74 Å². The summed E-state index contributed by atoms with van der Waals surface area (Å²) in [7, 11) is 5.47. The lowest BCUT2D eigenvalue weighted by Gasteiger charge is -2.32. The highest BCUT2D eigenvalue weighted by Gasteiger charge is 2.26. The van der Waals surface area contributed by atoms with Crippen molar-refractivity contribution >= 4 is 38.6 Å². The number of carbonyl (C=O) groups excluding carboxylic acids is 2. The lowest BCUT2D eigenvalue weighted by molar-refractivity contribution is -0.121. The Morgan fingerprint density at radius 3 is 2.96 bits per heavy atom. The Labute approximate surface area is 163 Å². The number of methoxy groups -OCH3 is 1. The number of fused-ring (bicyclic) bond motifs is 1. The van der Waals surface area contributed by atoms with Gasteiger partial charge in [0.1, 0.15) is 0 Å². The second-order valence-electron chi connectivity index (χ2n) is 7.10. The summed E-state index contributed by atoms with van der Waals surface area (Å²) >= 11 is 1.38. The fraction of sp³-hybridized carbons (Fsp3) is 0.526. The van der Waals surface area contributed by atoms with Crippen LogP contribution in [0.2, 0.25) is 0 Å². The van der Waals surface area contributed by atoms with Gasteiger partial charge in [-0.1, -0.05) is 17.4 Å². The summed E-state index contributed by atoms with van der Waals surface area (Å²) in [5.41, 5.74) is 0.986. The van der Waals surface area contributed by atoms with E-state index < -0.39 is 5.97 Å². The molecule has 1 aliphatic heterocycles. The van der Waals surface area contributed by atoms with Gasteiger partial charge < -0.3 is 19.9 Å². The summed E-state index contributed by atoms with van der Waals surface area (Å²) in [6.45, 7) is 3.78. The highest BCUT2D eigenvalue weighted by Crippen LogP contribution is 2.29. The number of nitrogens with one attached hydrogen (secondary N) is 1. The third-order valence-corrected chi connectivity index (χ3v) is 5.73. The van der Waals surface area contributed by atoms with E-state index in [1.807, 2.05) is 6.07 Å². The van der Waals surface area contributed by atoms with E-state index in [0.29, 0.717) is 16.2 Å². The minimum atomic E-state index is -0.424. The number of piperidine rings is 1. The molecule has 3 rings (SSSR count). The van der Waals surface area contributed by atoms with Crippen molar-refractivity contribution in [2.75, 3.05) is 52.7 Å². The van der Waals surface area contributed by atoms with Crippen LogP contribution >= 0.6 is 11.3 Å². The number of likely N-dealkylation sites (N-methyl/N-ethyl adjacent to an activating group) is 1. The van der Waals surface area contributed by atoms with Gasteiger partial charge >= 0.3 is 5.97 Å². The Bertz CT molecular complexity index is 820. The first kappa shape index (κ1) is 19.7. The molecule has 1 aromatic carbocycles. The van der Waals surface area contributed by atoms with E-state index in [2.05, 4.69) is 34.2 Å². The molecular weight excluding hydrogens is 364 g/mol. The average molecular weight is 391 g/mol. The molecule has 1 unspecified atom stereocenters. The van der Waals surface area contributed by atoms with Gasteiger partial charge in [0.2, 0.25) is 5.91 Å². The van der Waals surface area contributed by atoms with E-state index >= 15 is 0 Å². The third kappa shape index (κ3) is 4.82. The number of ether oxygens (including phenoxy) is 1. The van der Waals surface area contributed by atoms with E-state index in [9.17, 15) is 9.59 Å². The molecule has 0 bridgehead atoms. The number of hydrogen-bond acceptors (Lipinski definition) is 7. The molecule has 1 atom stereocenters. The Morgan fingerprint density at radius 1 is 1.41 bits per heavy atom. The van der Waals surface area contributed by atoms with Crippen LogP contribution in [-0.4, -0.2) is 74.0 Å². The first-order valence-corrected chi connectivity index (χ1v) is 9.95. The second kappa shape index (κ2) is 8.77. The van der Waals surface area contributed by atoms with Crippen molar-refractivity contribution in [3.05, 3.63) is 23.8 Å². The molecular formula is C19H26N4O3S. The van der Waals surface area contributed by atoms with Crippen molar-refractivity contribution in [1.29, 1.82) is 0 Å². The van der Waals surface area contributed by atoms with Crippen molar-refractivity contribution in [1.82, 2.24) is 14.8 Å². The van der Waals surface area contributed by atoms with Crippen LogP contribution in [0.15, 0.2) is 18.2 Å². The quantitative estimate of drug-likeness (QED) is 0.763. The van der Waals surface area contributed by atoms with Crippen LogP contribution in [0, 0.1) is 5.92 Å². The first-order valence-electron chi connectivity index (χ1n) is 9.13. The first-order chi connectivity index (χ1) is 13.0. The number of aromatic nitrogens is 1. The van der Waals surface area contributed by atoms with Crippen molar-refractivity contribution in [2.24, 2.45) is 5.92 Å². The smallest absolute Gasteiger partial charge is 0.340 e. The SMILES string of the molecule is COC(=O)c1cccc2sc(NC(=O)C3CCCN(CCN(C)C)C3)nc12. The largest absolute Gasteiger partial charge is 0.465 e. The number of hydrogen-bond donors (Lipinski definition) is 1. The molecule has 8 heteroatoms. The minimum absolute atomic E-state index is 0.00299. The average Bonchev–Trinajstić information content (AvgIpc) is 3.08. The summed E-state index contributed by atoms with van der Waals surface area (Å²) in [5, 5.41) is 3.47. The van der Waals surface area contributed by atoms with Gasteiger partial charge in [0.15, 0.2) is 5.13 Å². The molecule has 1 amide bonds. The lowest BCUT2D eigenvalue weighted by atomic mass is 9.97. The monoisotopic (exact) mass is 390 g/mol. The number of nitrogens with zero attached hydrogens (tertiary/aromatic N) is 3. The number of para-hydroxylation sites is 1. The van der Waals surface area contributed by atoms with Crippen molar-refractivity contribution in [2.45, 2.75) is 12.8 Å². The lowest BCUT2D eigenvalue weighted by Crippen LogP contribution is -2.43. The fourth-order valence-corrected chi connectivity index (χ4v) is 4.19. The molecule has 146 valence electrons. The highest BCUT2D eigenvalue weighted by atomic mass is 32.1. The molecule has 0 spiro atoms. The Hall–Kier alpha value is -2.03. The predicted octanol–water partition coefficient (Wildman–Crippen LogP) is 2.29. The molecule has 1 N–H and O–H groups in total. The van der Waals surface area contributed by atoms with Gasteiger partial charge in [-0.2, -0.15) is 0 Å². The maximum absolute atomic E-state index is 12.7. The second-order valence-corrected chi connectivity index (χ2v) is 8.13. The van der Waals surface area contributed by atoms with E-state index in [1.165, 1.54) is 18.4 Å². The standard InChI is InChI=1S/C19H26N4O3S/c1-22(2)10-11-23-9-5-6-13(12-23)17(24)21-19-20-16-14(18(25)26-3)7-4-8-15(16)27-19/h4,7-8,13H,5-6,9-12H2,1-3H3,(H,20,21,24). The van der Waals surface area contributed by atoms with Crippen molar-refractivity contribution < 1.29 is 14.3 Å². The van der Waals surface area contributed by atoms with Gasteiger partial charge in [-0.25, -0.2) is 9.78 Å². The van der Waals surface area contributed by atoms with Crippen molar-refractivity contribution in [3.8, 4) is 0 Å². The van der Waals surface area contributed by atoms with Crippen LogP contribution in [0.25, 0.3) is 10.2 Å². The normalized spacial score (nSPS) is 18.0. The summed E-state index contributed by atoms with van der Waals surface area (Å²) in [4.78, 5) is 33.6. The molecule has 1 aromatic heterocycles. The zero-order valence-corrected chi connectivity index (χ0v) is 16.8. The van der Waals surface area contributed by atoms with E-state index in [-0.39, 0.29) is 11.8 Å². The molecule has 2 heterocycles. The molecule has 0 saturated carbocycles. The maximum Gasteiger partial charge on any atom is 0.340 e. The number of esters is 1. The van der Waals surface area contributed by atoms with E-state index in [1.54, 1.807) is 12.1 Å². The van der Waals surface area contributed by atoms with Gasteiger partial charge in [0, 0.05) is 19.6 Å².